The van der Waals surface area contributed by atoms with E-state index in [-0.39, 0.29) is 5.75 Å². The van der Waals surface area contributed by atoms with Gasteiger partial charge in [0.15, 0.2) is 0 Å². The predicted octanol–water partition coefficient (Wildman–Crippen LogP) is 5.19. The third-order valence-corrected chi connectivity index (χ3v) is 5.71. The van der Waals surface area contributed by atoms with Crippen LogP contribution < -0.4 is 5.32 Å². The van der Waals surface area contributed by atoms with Crippen LogP contribution in [0.1, 0.15) is 28.2 Å². The average molecular weight is 393 g/mol. The molecule has 1 aliphatic rings. The highest BCUT2D eigenvalue weighted by Gasteiger charge is 2.27. The number of hydrogen-bond acceptors (Lipinski definition) is 4. The van der Waals surface area contributed by atoms with Crippen LogP contribution in [0.5, 0.6) is 5.75 Å². The Balaban J connectivity index is 1.39. The summed E-state index contributed by atoms with van der Waals surface area (Å²) >= 11 is 0. The molecule has 3 aromatic carbocycles. The SMILES string of the molecule is Oc1ccc(CCNc2ncc3c(n2)-c2ccccc2C(c2ccccc2)C3)cc1. The van der Waals surface area contributed by atoms with E-state index >= 15 is 0 Å². The Labute approximate surface area is 176 Å². The van der Waals surface area contributed by atoms with Gasteiger partial charge in [0.25, 0.3) is 0 Å². The molecule has 4 nitrogen and oxygen atoms in total. The maximum Gasteiger partial charge on any atom is 0.223 e. The van der Waals surface area contributed by atoms with Gasteiger partial charge < -0.3 is 10.4 Å². The monoisotopic (exact) mass is 393 g/mol. The summed E-state index contributed by atoms with van der Waals surface area (Å²) in [5.41, 5.74) is 7.22. The molecule has 0 aliphatic heterocycles. The summed E-state index contributed by atoms with van der Waals surface area (Å²) in [5, 5.41) is 12.8. The number of hydrogen-bond donors (Lipinski definition) is 2. The molecule has 148 valence electrons. The van der Waals surface area contributed by atoms with Crippen molar-refractivity contribution in [3.05, 3.63) is 107 Å². The molecule has 0 amide bonds. The van der Waals surface area contributed by atoms with Crippen LogP contribution in [0.4, 0.5) is 5.95 Å². The molecule has 0 bridgehead atoms. The standard InChI is InChI=1S/C26H23N3O/c30-21-12-10-18(11-13-21)14-15-27-26-28-17-20-16-24(19-6-2-1-3-7-19)22-8-4-5-9-23(22)25(20)29-26/h1-13,17,24,30H,14-16H2,(H,27,28,29). The van der Waals surface area contributed by atoms with E-state index in [1.807, 2.05) is 18.3 Å². The van der Waals surface area contributed by atoms with Crippen LogP contribution in [0.15, 0.2) is 85.1 Å². The molecular formula is C26H23N3O. The Morgan fingerprint density at radius 1 is 0.900 bits per heavy atom. The summed E-state index contributed by atoms with van der Waals surface area (Å²) in [6.07, 6.45) is 3.72. The lowest BCUT2D eigenvalue weighted by Crippen LogP contribution is -2.16. The summed E-state index contributed by atoms with van der Waals surface area (Å²) in [4.78, 5) is 9.44. The van der Waals surface area contributed by atoms with Gasteiger partial charge in [0.1, 0.15) is 5.75 Å². The lowest BCUT2D eigenvalue weighted by Gasteiger charge is -2.27. The van der Waals surface area contributed by atoms with Crippen LogP contribution in [-0.2, 0) is 12.8 Å². The Hall–Kier alpha value is -3.66. The maximum absolute atomic E-state index is 9.41. The van der Waals surface area contributed by atoms with Crippen molar-refractivity contribution >= 4 is 5.95 Å². The maximum atomic E-state index is 9.41. The zero-order valence-corrected chi connectivity index (χ0v) is 16.6. The minimum atomic E-state index is 0.289. The van der Waals surface area contributed by atoms with E-state index in [2.05, 4.69) is 64.9 Å². The number of aromatic nitrogens is 2. The highest BCUT2D eigenvalue weighted by atomic mass is 16.3. The minimum Gasteiger partial charge on any atom is -0.508 e. The number of rotatable bonds is 5. The Morgan fingerprint density at radius 2 is 1.67 bits per heavy atom. The normalized spacial score (nSPS) is 14.6. The second-order valence-electron chi connectivity index (χ2n) is 7.67. The third kappa shape index (κ3) is 3.64. The molecule has 5 rings (SSSR count). The number of nitrogens with zero attached hydrogens (tertiary/aromatic N) is 2. The molecule has 1 aliphatic carbocycles. The Bertz CT molecular complexity index is 1160. The third-order valence-electron chi connectivity index (χ3n) is 5.71. The second-order valence-corrected chi connectivity index (χ2v) is 7.67. The van der Waals surface area contributed by atoms with Gasteiger partial charge in [-0.15, -0.1) is 0 Å². The van der Waals surface area contributed by atoms with E-state index in [9.17, 15) is 5.11 Å². The van der Waals surface area contributed by atoms with Crippen molar-refractivity contribution in [2.75, 3.05) is 11.9 Å². The van der Waals surface area contributed by atoms with Gasteiger partial charge in [-0.1, -0.05) is 66.7 Å². The molecule has 1 aromatic heterocycles. The van der Waals surface area contributed by atoms with Crippen molar-refractivity contribution < 1.29 is 5.11 Å². The highest BCUT2D eigenvalue weighted by Crippen LogP contribution is 2.41. The minimum absolute atomic E-state index is 0.289. The first kappa shape index (κ1) is 18.4. The fraction of sp³-hybridized carbons (Fsp3) is 0.154. The summed E-state index contributed by atoms with van der Waals surface area (Å²) in [7, 11) is 0. The van der Waals surface area contributed by atoms with Crippen molar-refractivity contribution in [2.24, 2.45) is 0 Å². The Morgan fingerprint density at radius 3 is 2.50 bits per heavy atom. The highest BCUT2D eigenvalue weighted by molar-refractivity contribution is 5.72. The molecule has 4 aromatic rings. The van der Waals surface area contributed by atoms with E-state index in [0.717, 1.165) is 30.6 Å². The lowest BCUT2D eigenvalue weighted by molar-refractivity contribution is 0.475. The van der Waals surface area contributed by atoms with Crippen LogP contribution in [-0.4, -0.2) is 21.6 Å². The van der Waals surface area contributed by atoms with Gasteiger partial charge in [-0.05, 0) is 47.2 Å². The topological polar surface area (TPSA) is 58.0 Å². The van der Waals surface area contributed by atoms with Crippen LogP contribution in [0, 0.1) is 0 Å². The van der Waals surface area contributed by atoms with Gasteiger partial charge in [-0.2, -0.15) is 0 Å². The number of aromatic hydroxyl groups is 1. The van der Waals surface area contributed by atoms with Gasteiger partial charge in [0.05, 0.1) is 5.69 Å². The summed E-state index contributed by atoms with van der Waals surface area (Å²) < 4.78 is 0. The van der Waals surface area contributed by atoms with Crippen molar-refractivity contribution in [3.63, 3.8) is 0 Å². The van der Waals surface area contributed by atoms with Gasteiger partial charge >= 0.3 is 0 Å². The smallest absolute Gasteiger partial charge is 0.223 e. The fourth-order valence-corrected chi connectivity index (χ4v) is 4.18. The van der Waals surface area contributed by atoms with Gasteiger partial charge in [-0.25, -0.2) is 9.97 Å². The first-order valence-electron chi connectivity index (χ1n) is 10.3. The fourth-order valence-electron chi connectivity index (χ4n) is 4.18. The van der Waals surface area contributed by atoms with Crippen molar-refractivity contribution in [3.8, 4) is 17.0 Å². The molecule has 1 heterocycles. The summed E-state index contributed by atoms with van der Waals surface area (Å²) in [6.45, 7) is 0.734. The zero-order valence-electron chi connectivity index (χ0n) is 16.6. The molecule has 1 atom stereocenters. The zero-order chi connectivity index (χ0) is 20.3. The number of anilines is 1. The molecule has 0 spiro atoms. The van der Waals surface area contributed by atoms with E-state index in [1.165, 1.54) is 22.3 Å². The number of fused-ring (bicyclic) bond motifs is 3. The Kier molecular flexibility index (Phi) is 4.89. The number of nitrogens with one attached hydrogen (secondary N) is 1. The van der Waals surface area contributed by atoms with Crippen molar-refractivity contribution in [1.82, 2.24) is 9.97 Å². The van der Waals surface area contributed by atoms with E-state index in [1.54, 1.807) is 12.1 Å². The first-order chi connectivity index (χ1) is 14.8. The number of phenolic OH excluding ortho intramolecular Hbond substituents is 1. The molecule has 0 saturated heterocycles. The van der Waals surface area contributed by atoms with Crippen molar-refractivity contribution in [2.45, 2.75) is 18.8 Å². The number of benzene rings is 3. The first-order valence-corrected chi connectivity index (χ1v) is 10.3. The quantitative estimate of drug-likeness (QED) is 0.490. The molecular weight excluding hydrogens is 370 g/mol. The molecule has 1 unspecified atom stereocenters. The average Bonchev–Trinajstić information content (AvgIpc) is 2.80. The predicted molar refractivity (Wildman–Crippen MR) is 120 cm³/mol. The van der Waals surface area contributed by atoms with Gasteiger partial charge in [0.2, 0.25) is 5.95 Å². The van der Waals surface area contributed by atoms with Crippen LogP contribution in [0.2, 0.25) is 0 Å². The molecule has 4 heteroatoms. The van der Waals surface area contributed by atoms with Crippen LogP contribution in [0.25, 0.3) is 11.3 Å². The van der Waals surface area contributed by atoms with Crippen LogP contribution >= 0.6 is 0 Å². The molecule has 30 heavy (non-hydrogen) atoms. The lowest BCUT2D eigenvalue weighted by atomic mass is 9.78. The van der Waals surface area contributed by atoms with Gasteiger partial charge in [-0.3, -0.25) is 0 Å². The molecule has 0 fully saturated rings. The van der Waals surface area contributed by atoms with E-state index < -0.39 is 0 Å². The van der Waals surface area contributed by atoms with Crippen LogP contribution in [0.3, 0.4) is 0 Å². The second kappa shape index (κ2) is 7.99. The van der Waals surface area contributed by atoms with Gasteiger partial charge in [0, 0.05) is 24.2 Å². The summed E-state index contributed by atoms with van der Waals surface area (Å²) in [5.74, 6) is 1.27. The van der Waals surface area contributed by atoms with E-state index in [0.29, 0.717) is 11.9 Å². The van der Waals surface area contributed by atoms with Crippen molar-refractivity contribution in [1.29, 1.82) is 0 Å². The number of phenols is 1. The van der Waals surface area contributed by atoms with E-state index in [4.69, 9.17) is 4.98 Å². The summed E-state index contributed by atoms with van der Waals surface area (Å²) in [6, 6.07) is 26.5. The molecule has 0 radical (unpaired) electrons. The molecule has 0 saturated carbocycles. The largest absolute Gasteiger partial charge is 0.508 e. The molecule has 2 N–H and O–H groups in total.